The number of nitrogens with one attached hydrogen (secondary N) is 2. The van der Waals surface area contributed by atoms with E-state index >= 15 is 0 Å². The highest BCUT2D eigenvalue weighted by molar-refractivity contribution is 7.93. The zero-order valence-corrected chi connectivity index (χ0v) is 24.8. The van der Waals surface area contributed by atoms with Gasteiger partial charge in [-0.2, -0.15) is 4.94 Å². The van der Waals surface area contributed by atoms with Gasteiger partial charge in [-0.1, -0.05) is 28.9 Å². The molecule has 6 rings (SSSR count). The smallest absolute Gasteiger partial charge is 0.268 e. The Morgan fingerprint density at radius 2 is 2.10 bits per heavy atom. The topological polar surface area (TPSA) is 134 Å². The number of halogens is 1. The summed E-state index contributed by atoms with van der Waals surface area (Å²) < 4.78 is 36.5. The Bertz CT molecular complexity index is 1630. The van der Waals surface area contributed by atoms with Crippen molar-refractivity contribution in [2.75, 3.05) is 13.7 Å². The molecule has 2 unspecified atom stereocenters. The van der Waals surface area contributed by atoms with Crippen LogP contribution in [0.15, 0.2) is 70.9 Å². The van der Waals surface area contributed by atoms with E-state index in [4.69, 9.17) is 21.3 Å². The van der Waals surface area contributed by atoms with Crippen LogP contribution in [0.25, 0.3) is 0 Å². The lowest BCUT2D eigenvalue weighted by molar-refractivity contribution is -0.124. The van der Waals surface area contributed by atoms with Crippen molar-refractivity contribution in [1.82, 2.24) is 40.1 Å². The van der Waals surface area contributed by atoms with Crippen LogP contribution >= 0.6 is 11.6 Å². The molecule has 222 valence electrons. The van der Waals surface area contributed by atoms with Crippen molar-refractivity contribution in [1.29, 1.82) is 0 Å². The number of hydroxylamine groups is 3. The molecular weight excluding hydrogens is 584 g/mol. The number of allylic oxidation sites excluding steroid dienone is 2. The van der Waals surface area contributed by atoms with Gasteiger partial charge in [-0.3, -0.25) is 14.0 Å². The maximum Gasteiger partial charge on any atom is 0.268 e. The van der Waals surface area contributed by atoms with E-state index in [1.165, 1.54) is 35.9 Å². The van der Waals surface area contributed by atoms with Gasteiger partial charge in [0.15, 0.2) is 0 Å². The summed E-state index contributed by atoms with van der Waals surface area (Å²) in [5.41, 5.74) is 5.33. The standard InChI is InChI=1S/C27H31ClN8O5S/c1-17(2)33(3)15-18-4-5-20-22(7-11-40-25(20)12-18)34-16-19(31-32-34)13-23-27(37)29-8-10-36(23)42(38,39)26-21(28)6-9-35-24(26)14-30-41-35/h4-6,8-10,12,14,16-17,22-23,30H,7,11,13,15H2,1-3H3,(H,29,37). The maximum atomic E-state index is 13.9. The highest BCUT2D eigenvalue weighted by atomic mass is 35.5. The first-order valence-electron chi connectivity index (χ1n) is 13.5. The summed E-state index contributed by atoms with van der Waals surface area (Å²) in [5, 5.41) is 12.5. The van der Waals surface area contributed by atoms with Gasteiger partial charge in [-0.25, -0.2) is 23.6 Å². The minimum absolute atomic E-state index is 0.00827. The molecule has 1 amide bonds. The first-order valence-corrected chi connectivity index (χ1v) is 15.3. The molecule has 0 aliphatic carbocycles. The molecule has 2 aromatic rings. The number of nitrogens with zero attached hydrogens (tertiary/aromatic N) is 6. The van der Waals surface area contributed by atoms with Gasteiger partial charge in [0.25, 0.3) is 10.0 Å². The number of fused-ring (bicyclic) bond motifs is 2. The second-order valence-corrected chi connectivity index (χ2v) is 12.8. The van der Waals surface area contributed by atoms with Crippen molar-refractivity contribution in [3.05, 3.63) is 87.7 Å². The number of rotatable bonds is 8. The van der Waals surface area contributed by atoms with Gasteiger partial charge in [-0.05, 0) is 38.6 Å². The molecule has 15 heteroatoms. The van der Waals surface area contributed by atoms with Crippen molar-refractivity contribution in [3.8, 4) is 5.75 Å². The molecule has 0 bridgehead atoms. The van der Waals surface area contributed by atoms with E-state index in [0.717, 1.165) is 27.7 Å². The number of hydrogen-bond donors (Lipinski definition) is 2. The SMILES string of the molecule is CC(C)N(C)Cc1ccc2c(c1)OCCC2n1cc(CC2C(=O)NC=CN2S(=O)(=O)C2=C(Cl)C=CN3ONC=C23)nn1. The summed E-state index contributed by atoms with van der Waals surface area (Å²) >= 11 is 6.35. The summed E-state index contributed by atoms with van der Waals surface area (Å²) in [5.74, 6) is 0.313. The Balaban J connectivity index is 1.24. The van der Waals surface area contributed by atoms with Crippen LogP contribution in [-0.2, 0) is 32.7 Å². The average molecular weight is 615 g/mol. The van der Waals surface area contributed by atoms with Crippen molar-refractivity contribution in [2.45, 2.75) is 51.4 Å². The quantitative estimate of drug-likeness (QED) is 0.456. The first kappa shape index (κ1) is 28.3. The third-order valence-corrected chi connectivity index (χ3v) is 9.96. The van der Waals surface area contributed by atoms with Gasteiger partial charge in [0.05, 0.1) is 29.6 Å². The minimum Gasteiger partial charge on any atom is -0.493 e. The van der Waals surface area contributed by atoms with Crippen LogP contribution < -0.4 is 15.5 Å². The molecule has 13 nitrogen and oxygen atoms in total. The summed E-state index contributed by atoms with van der Waals surface area (Å²) in [4.78, 5) is 20.2. The Kier molecular flexibility index (Phi) is 7.47. The molecule has 1 aromatic carbocycles. The van der Waals surface area contributed by atoms with Gasteiger partial charge >= 0.3 is 0 Å². The molecule has 0 radical (unpaired) electrons. The molecule has 2 N–H and O–H groups in total. The summed E-state index contributed by atoms with van der Waals surface area (Å²) in [7, 11) is -2.20. The molecule has 0 spiro atoms. The second kappa shape index (κ2) is 11.1. The van der Waals surface area contributed by atoms with Crippen molar-refractivity contribution in [2.24, 2.45) is 0 Å². The van der Waals surface area contributed by atoms with Crippen LogP contribution in [0.4, 0.5) is 0 Å². The number of hydrogen-bond acceptors (Lipinski definition) is 10. The van der Waals surface area contributed by atoms with Crippen LogP contribution in [0.3, 0.4) is 0 Å². The van der Waals surface area contributed by atoms with Gasteiger partial charge < -0.3 is 10.1 Å². The third kappa shape index (κ3) is 5.15. The van der Waals surface area contributed by atoms with Crippen molar-refractivity contribution < 1.29 is 22.9 Å². The van der Waals surface area contributed by atoms with E-state index in [9.17, 15) is 13.2 Å². The summed E-state index contributed by atoms with van der Waals surface area (Å²) in [6.07, 6.45) is 9.29. The molecule has 0 saturated heterocycles. The van der Waals surface area contributed by atoms with Crippen molar-refractivity contribution in [3.63, 3.8) is 0 Å². The molecule has 0 fully saturated rings. The predicted octanol–water partition coefficient (Wildman–Crippen LogP) is 2.21. The van der Waals surface area contributed by atoms with E-state index in [1.807, 2.05) is 0 Å². The van der Waals surface area contributed by atoms with E-state index in [2.05, 4.69) is 65.1 Å². The normalized spacial score (nSPS) is 21.8. The van der Waals surface area contributed by atoms with Crippen LogP contribution in [-0.4, -0.2) is 69.3 Å². The van der Waals surface area contributed by atoms with Crippen LogP contribution in [0.5, 0.6) is 5.75 Å². The number of benzene rings is 1. The van der Waals surface area contributed by atoms with Crippen LogP contribution in [0, 0.1) is 0 Å². The fourth-order valence-corrected chi connectivity index (χ4v) is 7.29. The number of carbonyl (C=O) groups is 1. The fourth-order valence-electron chi connectivity index (χ4n) is 5.17. The van der Waals surface area contributed by atoms with E-state index in [-0.39, 0.29) is 28.1 Å². The fraction of sp³-hybridized carbons (Fsp3) is 0.370. The zero-order chi connectivity index (χ0) is 29.6. The Hall–Kier alpha value is -3.85. The van der Waals surface area contributed by atoms with Gasteiger partial charge in [-0.15, -0.1) is 5.10 Å². The first-order chi connectivity index (χ1) is 20.1. The molecule has 2 atom stereocenters. The highest BCUT2D eigenvalue weighted by Crippen LogP contribution is 2.37. The Morgan fingerprint density at radius 1 is 1.26 bits per heavy atom. The van der Waals surface area contributed by atoms with Gasteiger partial charge in [0, 0.05) is 55.8 Å². The minimum atomic E-state index is -4.29. The predicted molar refractivity (Wildman–Crippen MR) is 153 cm³/mol. The van der Waals surface area contributed by atoms with Gasteiger partial charge in [0.2, 0.25) is 5.91 Å². The zero-order valence-electron chi connectivity index (χ0n) is 23.3. The van der Waals surface area contributed by atoms with Crippen molar-refractivity contribution >= 4 is 27.5 Å². The molecule has 5 heterocycles. The lowest BCUT2D eigenvalue weighted by Gasteiger charge is -2.33. The molecule has 0 saturated carbocycles. The maximum absolute atomic E-state index is 13.9. The monoisotopic (exact) mass is 614 g/mol. The molecule has 4 aliphatic heterocycles. The van der Waals surface area contributed by atoms with Gasteiger partial charge in [0.1, 0.15) is 22.4 Å². The third-order valence-electron chi connectivity index (χ3n) is 7.66. The van der Waals surface area contributed by atoms with E-state index < -0.39 is 22.0 Å². The largest absolute Gasteiger partial charge is 0.493 e. The highest BCUT2D eigenvalue weighted by Gasteiger charge is 2.42. The Morgan fingerprint density at radius 3 is 2.90 bits per heavy atom. The second-order valence-electron chi connectivity index (χ2n) is 10.7. The number of aromatic nitrogens is 3. The number of amides is 1. The number of carbonyl (C=O) groups excluding carboxylic acids is 1. The number of ether oxygens (including phenoxy) is 1. The Labute approximate surface area is 248 Å². The summed E-state index contributed by atoms with van der Waals surface area (Å²) in [6, 6.07) is 5.41. The summed E-state index contributed by atoms with van der Waals surface area (Å²) in [6.45, 7) is 5.64. The average Bonchev–Trinajstić information content (AvgIpc) is 3.63. The van der Waals surface area contributed by atoms with Crippen LogP contribution in [0.1, 0.15) is 43.1 Å². The molecule has 42 heavy (non-hydrogen) atoms. The molecule has 1 aromatic heterocycles. The molecule has 4 aliphatic rings. The van der Waals surface area contributed by atoms with E-state index in [1.54, 1.807) is 10.9 Å². The lowest BCUT2D eigenvalue weighted by Crippen LogP contribution is -2.51. The molecular formula is C27H31ClN8O5S. The number of sulfonamides is 1. The van der Waals surface area contributed by atoms with Crippen LogP contribution in [0.2, 0.25) is 0 Å². The lowest BCUT2D eigenvalue weighted by atomic mass is 9.98. The van der Waals surface area contributed by atoms with E-state index in [0.29, 0.717) is 24.8 Å².